The Morgan fingerprint density at radius 3 is 2.60 bits per heavy atom. The van der Waals surface area contributed by atoms with Gasteiger partial charge in [0.15, 0.2) is 0 Å². The SMILES string of the molecule is O=C(Cn1ccccc1=O)N1CCC(NS(=O)(=O)c2cccs2)CC1. The first-order valence-corrected chi connectivity index (χ1v) is 10.3. The second-order valence-corrected chi connectivity index (χ2v) is 8.76. The summed E-state index contributed by atoms with van der Waals surface area (Å²) in [5.74, 6) is -0.132. The fourth-order valence-corrected chi connectivity index (χ4v) is 5.09. The monoisotopic (exact) mass is 381 g/mol. The number of nitrogens with one attached hydrogen (secondary N) is 1. The molecule has 2 aromatic heterocycles. The number of rotatable bonds is 5. The van der Waals surface area contributed by atoms with E-state index in [1.54, 1.807) is 40.7 Å². The van der Waals surface area contributed by atoms with Crippen LogP contribution in [0.3, 0.4) is 0 Å². The molecule has 1 amide bonds. The highest BCUT2D eigenvalue weighted by molar-refractivity contribution is 7.91. The van der Waals surface area contributed by atoms with E-state index < -0.39 is 10.0 Å². The predicted molar refractivity (Wildman–Crippen MR) is 94.9 cm³/mol. The number of sulfonamides is 1. The van der Waals surface area contributed by atoms with Gasteiger partial charge in [-0.1, -0.05) is 12.1 Å². The first-order chi connectivity index (χ1) is 12.0. The van der Waals surface area contributed by atoms with Crippen LogP contribution in [0.5, 0.6) is 0 Å². The van der Waals surface area contributed by atoms with Gasteiger partial charge < -0.3 is 9.47 Å². The lowest BCUT2D eigenvalue weighted by atomic mass is 10.1. The molecule has 1 aliphatic rings. The Bertz CT molecular complexity index is 882. The van der Waals surface area contributed by atoms with Gasteiger partial charge in [-0.05, 0) is 30.4 Å². The van der Waals surface area contributed by atoms with Crippen LogP contribution in [0.1, 0.15) is 12.8 Å². The Morgan fingerprint density at radius 2 is 1.96 bits per heavy atom. The van der Waals surface area contributed by atoms with Gasteiger partial charge >= 0.3 is 0 Å². The number of nitrogens with zero attached hydrogens (tertiary/aromatic N) is 2. The van der Waals surface area contributed by atoms with Crippen LogP contribution >= 0.6 is 11.3 Å². The van der Waals surface area contributed by atoms with Gasteiger partial charge in [0, 0.05) is 31.4 Å². The standard InChI is InChI=1S/C16H19N3O4S2/c20-14-4-1-2-8-19(14)12-15(21)18-9-6-13(7-10-18)17-25(22,23)16-5-3-11-24-16/h1-5,8,11,13,17H,6-7,9-10,12H2. The maximum Gasteiger partial charge on any atom is 0.250 e. The van der Waals surface area contributed by atoms with Gasteiger partial charge in [0.05, 0.1) is 0 Å². The molecule has 0 unspecified atom stereocenters. The summed E-state index contributed by atoms with van der Waals surface area (Å²) in [7, 11) is -3.49. The van der Waals surface area contributed by atoms with Gasteiger partial charge in [0.25, 0.3) is 5.56 Å². The minimum atomic E-state index is -3.49. The first-order valence-electron chi connectivity index (χ1n) is 7.95. The summed E-state index contributed by atoms with van der Waals surface area (Å²) < 4.78 is 28.8. The third kappa shape index (κ3) is 4.36. The molecule has 0 aliphatic carbocycles. The highest BCUT2D eigenvalue weighted by Gasteiger charge is 2.27. The Morgan fingerprint density at radius 1 is 1.20 bits per heavy atom. The van der Waals surface area contributed by atoms with Crippen LogP contribution in [0.15, 0.2) is 50.9 Å². The van der Waals surface area contributed by atoms with Crippen molar-refractivity contribution >= 4 is 27.3 Å². The number of carbonyl (C=O) groups excluding carboxylic acids is 1. The highest BCUT2D eigenvalue weighted by atomic mass is 32.2. The number of carbonyl (C=O) groups is 1. The molecule has 1 aliphatic heterocycles. The van der Waals surface area contributed by atoms with E-state index in [9.17, 15) is 18.0 Å². The second-order valence-electron chi connectivity index (χ2n) is 5.88. The van der Waals surface area contributed by atoms with Crippen molar-refractivity contribution in [1.29, 1.82) is 0 Å². The first kappa shape index (κ1) is 17.8. The van der Waals surface area contributed by atoms with E-state index in [2.05, 4.69) is 4.72 Å². The third-order valence-corrected chi connectivity index (χ3v) is 7.05. The summed E-state index contributed by atoms with van der Waals surface area (Å²) in [5, 5.41) is 1.72. The molecule has 0 atom stereocenters. The summed E-state index contributed by atoms with van der Waals surface area (Å²) in [6.45, 7) is 0.946. The van der Waals surface area contributed by atoms with Gasteiger partial charge in [-0.15, -0.1) is 11.3 Å². The fraction of sp³-hybridized carbons (Fsp3) is 0.375. The van der Waals surface area contributed by atoms with Crippen molar-refractivity contribution in [2.45, 2.75) is 29.6 Å². The van der Waals surface area contributed by atoms with Crippen molar-refractivity contribution < 1.29 is 13.2 Å². The van der Waals surface area contributed by atoms with Crippen molar-refractivity contribution in [2.75, 3.05) is 13.1 Å². The summed E-state index contributed by atoms with van der Waals surface area (Å²) >= 11 is 1.18. The molecule has 1 fully saturated rings. The van der Waals surface area contributed by atoms with Crippen LogP contribution in [-0.2, 0) is 21.4 Å². The Kier molecular flexibility index (Phi) is 5.36. The van der Waals surface area contributed by atoms with Crippen LogP contribution in [0.25, 0.3) is 0 Å². The number of aromatic nitrogens is 1. The zero-order chi connectivity index (χ0) is 17.9. The average Bonchev–Trinajstić information content (AvgIpc) is 3.13. The van der Waals surface area contributed by atoms with Gasteiger partial charge in [-0.3, -0.25) is 9.59 Å². The Hall–Kier alpha value is -1.97. The number of piperidine rings is 1. The topological polar surface area (TPSA) is 88.5 Å². The molecule has 1 saturated heterocycles. The maximum atomic E-state index is 12.3. The second kappa shape index (κ2) is 7.51. The molecule has 0 radical (unpaired) electrons. The molecule has 2 aromatic rings. The van der Waals surface area contributed by atoms with Crippen molar-refractivity contribution in [1.82, 2.24) is 14.2 Å². The van der Waals surface area contributed by atoms with Crippen LogP contribution < -0.4 is 10.3 Å². The van der Waals surface area contributed by atoms with Gasteiger partial charge in [0.1, 0.15) is 10.8 Å². The molecule has 0 spiro atoms. The highest BCUT2D eigenvalue weighted by Crippen LogP contribution is 2.18. The number of likely N-dealkylation sites (tertiary alicyclic amines) is 1. The zero-order valence-electron chi connectivity index (χ0n) is 13.5. The lowest BCUT2D eigenvalue weighted by molar-refractivity contribution is -0.132. The molecule has 0 saturated carbocycles. The number of amides is 1. The smallest absolute Gasteiger partial charge is 0.250 e. The molecule has 1 N–H and O–H groups in total. The summed E-state index contributed by atoms with van der Waals surface area (Å²) in [4.78, 5) is 25.7. The molecule has 0 aromatic carbocycles. The predicted octanol–water partition coefficient (Wildman–Crippen LogP) is 0.879. The minimum absolute atomic E-state index is 0.00522. The van der Waals surface area contributed by atoms with Gasteiger partial charge in [-0.2, -0.15) is 0 Å². The van der Waals surface area contributed by atoms with E-state index in [-0.39, 0.29) is 24.1 Å². The molecule has 7 nitrogen and oxygen atoms in total. The van der Waals surface area contributed by atoms with Crippen molar-refractivity contribution in [3.05, 3.63) is 52.3 Å². The van der Waals surface area contributed by atoms with E-state index in [1.807, 2.05) is 0 Å². The Labute approximate surface area is 150 Å². The molecule has 25 heavy (non-hydrogen) atoms. The van der Waals surface area contributed by atoms with E-state index in [0.29, 0.717) is 30.1 Å². The van der Waals surface area contributed by atoms with Crippen LogP contribution in [-0.4, -0.2) is 42.9 Å². The van der Waals surface area contributed by atoms with E-state index in [4.69, 9.17) is 0 Å². The molecule has 3 rings (SSSR count). The van der Waals surface area contributed by atoms with Crippen LogP contribution in [0.4, 0.5) is 0 Å². The third-order valence-electron chi connectivity index (χ3n) is 4.13. The average molecular weight is 381 g/mol. The van der Waals surface area contributed by atoms with Crippen LogP contribution in [0, 0.1) is 0 Å². The van der Waals surface area contributed by atoms with Gasteiger partial charge in [0.2, 0.25) is 15.9 Å². The summed E-state index contributed by atoms with van der Waals surface area (Å²) in [6, 6.07) is 7.85. The van der Waals surface area contributed by atoms with Gasteiger partial charge in [-0.25, -0.2) is 13.1 Å². The van der Waals surface area contributed by atoms with E-state index in [0.717, 1.165) is 0 Å². The normalized spacial score (nSPS) is 16.1. The lowest BCUT2D eigenvalue weighted by Gasteiger charge is -2.32. The number of hydrogen-bond acceptors (Lipinski definition) is 5. The van der Waals surface area contributed by atoms with Crippen LogP contribution in [0.2, 0.25) is 0 Å². The van der Waals surface area contributed by atoms with Crippen molar-refractivity contribution in [2.24, 2.45) is 0 Å². The molecular weight excluding hydrogens is 362 g/mol. The lowest BCUT2D eigenvalue weighted by Crippen LogP contribution is -2.47. The quantitative estimate of drug-likeness (QED) is 0.833. The van der Waals surface area contributed by atoms with E-state index in [1.165, 1.54) is 22.0 Å². The number of thiophene rings is 1. The maximum absolute atomic E-state index is 12.3. The molecule has 9 heteroatoms. The molecule has 3 heterocycles. The molecular formula is C16H19N3O4S2. The minimum Gasteiger partial charge on any atom is -0.341 e. The number of hydrogen-bond donors (Lipinski definition) is 1. The molecule has 134 valence electrons. The summed E-state index contributed by atoms with van der Waals surface area (Å²) in [6.07, 6.45) is 2.70. The van der Waals surface area contributed by atoms with Crippen molar-refractivity contribution in [3.63, 3.8) is 0 Å². The van der Waals surface area contributed by atoms with E-state index >= 15 is 0 Å². The van der Waals surface area contributed by atoms with Crippen molar-refractivity contribution in [3.8, 4) is 0 Å². The fourth-order valence-electron chi connectivity index (χ4n) is 2.78. The summed E-state index contributed by atoms with van der Waals surface area (Å²) in [5.41, 5.74) is -0.213. The molecule has 0 bridgehead atoms. The zero-order valence-corrected chi connectivity index (χ0v) is 15.1. The Balaban J connectivity index is 1.54. The number of pyridine rings is 1. The largest absolute Gasteiger partial charge is 0.341 e.